The van der Waals surface area contributed by atoms with Gasteiger partial charge in [0.15, 0.2) is 5.65 Å². The van der Waals surface area contributed by atoms with Gasteiger partial charge in [-0.3, -0.25) is 0 Å². The lowest BCUT2D eigenvalue weighted by Gasteiger charge is -2.07. The van der Waals surface area contributed by atoms with Gasteiger partial charge in [0.2, 0.25) is 0 Å². The third-order valence-electron chi connectivity index (χ3n) is 3.64. The lowest BCUT2D eigenvalue weighted by molar-refractivity contribution is 0.569. The van der Waals surface area contributed by atoms with Gasteiger partial charge in [-0.2, -0.15) is 0 Å². The predicted molar refractivity (Wildman–Crippen MR) is 78.9 cm³/mol. The molecule has 19 heavy (non-hydrogen) atoms. The van der Waals surface area contributed by atoms with E-state index >= 15 is 0 Å². The Kier molecular flexibility index (Phi) is 3.94. The molecule has 102 valence electrons. The number of fused-ring (bicyclic) bond motifs is 1. The van der Waals surface area contributed by atoms with Crippen LogP contribution >= 0.6 is 23.2 Å². The van der Waals surface area contributed by atoms with Gasteiger partial charge in [-0.15, -0.1) is 11.6 Å². The maximum atomic E-state index is 5.97. The molecule has 2 aromatic heterocycles. The highest BCUT2D eigenvalue weighted by Crippen LogP contribution is 2.33. The minimum absolute atomic E-state index is 0.583. The summed E-state index contributed by atoms with van der Waals surface area (Å²) in [7, 11) is 0. The van der Waals surface area contributed by atoms with Gasteiger partial charge in [-0.25, -0.2) is 9.97 Å². The fourth-order valence-corrected chi connectivity index (χ4v) is 2.81. The highest BCUT2D eigenvalue weighted by atomic mass is 35.5. The van der Waals surface area contributed by atoms with Gasteiger partial charge >= 0.3 is 0 Å². The molecule has 0 aliphatic heterocycles. The number of aromatic nitrogens is 3. The Hall–Kier alpha value is -0.800. The average molecular weight is 298 g/mol. The zero-order chi connectivity index (χ0) is 13.2. The van der Waals surface area contributed by atoms with Crippen LogP contribution in [-0.4, -0.2) is 20.4 Å². The van der Waals surface area contributed by atoms with Crippen LogP contribution in [0.2, 0.25) is 5.02 Å². The molecule has 1 saturated carbocycles. The fraction of sp³-hybridized carbons (Fsp3) is 0.571. The molecule has 0 saturated heterocycles. The van der Waals surface area contributed by atoms with Crippen LogP contribution in [0.25, 0.3) is 11.2 Å². The number of halogens is 2. The molecule has 0 N–H and O–H groups in total. The first-order chi connectivity index (χ1) is 9.28. The van der Waals surface area contributed by atoms with Crippen LogP contribution in [-0.2, 0) is 13.0 Å². The van der Waals surface area contributed by atoms with E-state index in [4.69, 9.17) is 23.2 Å². The second kappa shape index (κ2) is 5.68. The van der Waals surface area contributed by atoms with Crippen molar-refractivity contribution in [2.24, 2.45) is 5.92 Å². The van der Waals surface area contributed by atoms with E-state index in [9.17, 15) is 0 Å². The first-order valence-corrected chi connectivity index (χ1v) is 7.76. The molecular weight excluding hydrogens is 281 g/mol. The minimum Gasteiger partial charge on any atom is -0.313 e. The predicted octanol–water partition coefficient (Wildman–Crippen LogP) is 4.06. The van der Waals surface area contributed by atoms with Crippen LogP contribution in [0, 0.1) is 5.92 Å². The molecule has 0 unspecified atom stereocenters. The first kappa shape index (κ1) is 13.2. The summed E-state index contributed by atoms with van der Waals surface area (Å²) in [6, 6.07) is 1.87. The Morgan fingerprint density at radius 3 is 2.95 bits per heavy atom. The Morgan fingerprint density at radius 2 is 2.21 bits per heavy atom. The summed E-state index contributed by atoms with van der Waals surface area (Å²) in [4.78, 5) is 9.03. The number of nitrogens with zero attached hydrogens (tertiary/aromatic N) is 3. The molecule has 3 rings (SSSR count). The van der Waals surface area contributed by atoms with Crippen molar-refractivity contribution >= 4 is 34.4 Å². The van der Waals surface area contributed by atoms with Crippen LogP contribution in [0.3, 0.4) is 0 Å². The van der Waals surface area contributed by atoms with Crippen molar-refractivity contribution in [2.75, 3.05) is 5.88 Å². The summed E-state index contributed by atoms with van der Waals surface area (Å²) in [5, 5.41) is 0.632. The molecule has 0 spiro atoms. The molecule has 5 heteroatoms. The monoisotopic (exact) mass is 297 g/mol. The van der Waals surface area contributed by atoms with E-state index in [0.717, 1.165) is 35.9 Å². The highest BCUT2D eigenvalue weighted by Gasteiger charge is 2.20. The van der Waals surface area contributed by atoms with E-state index in [2.05, 4.69) is 14.5 Å². The van der Waals surface area contributed by atoms with Crippen molar-refractivity contribution in [3.05, 3.63) is 23.1 Å². The molecular formula is C14H17Cl2N3. The summed E-state index contributed by atoms with van der Waals surface area (Å²) in [6.07, 6.45) is 7.79. The number of rotatable bonds is 6. The van der Waals surface area contributed by atoms with Crippen molar-refractivity contribution in [3.8, 4) is 0 Å². The van der Waals surface area contributed by atoms with Gasteiger partial charge in [0.25, 0.3) is 0 Å². The molecule has 0 amide bonds. The van der Waals surface area contributed by atoms with E-state index < -0.39 is 0 Å². The number of imidazole rings is 1. The molecule has 0 bridgehead atoms. The topological polar surface area (TPSA) is 30.7 Å². The SMILES string of the molecule is ClCCc1nc2cc(Cl)cnc2n1CCCC1CC1. The normalized spacial score (nSPS) is 15.3. The molecule has 1 aliphatic carbocycles. The van der Waals surface area contributed by atoms with Crippen LogP contribution in [0.5, 0.6) is 0 Å². The molecule has 2 heterocycles. The summed E-state index contributed by atoms with van der Waals surface area (Å²) in [5.74, 6) is 2.57. The number of hydrogen-bond donors (Lipinski definition) is 0. The van der Waals surface area contributed by atoms with Crippen molar-refractivity contribution in [1.82, 2.24) is 14.5 Å². The third kappa shape index (κ3) is 3.03. The van der Waals surface area contributed by atoms with Crippen LogP contribution in [0.4, 0.5) is 0 Å². The lowest BCUT2D eigenvalue weighted by atomic mass is 10.2. The van der Waals surface area contributed by atoms with E-state index in [0.29, 0.717) is 10.9 Å². The highest BCUT2D eigenvalue weighted by molar-refractivity contribution is 6.31. The smallest absolute Gasteiger partial charge is 0.160 e. The Morgan fingerprint density at radius 1 is 1.37 bits per heavy atom. The van der Waals surface area contributed by atoms with Crippen LogP contribution in [0.15, 0.2) is 12.3 Å². The zero-order valence-electron chi connectivity index (χ0n) is 10.8. The van der Waals surface area contributed by atoms with E-state index in [1.807, 2.05) is 6.07 Å². The van der Waals surface area contributed by atoms with Crippen LogP contribution in [0.1, 0.15) is 31.5 Å². The van der Waals surface area contributed by atoms with Gasteiger partial charge in [0, 0.05) is 25.0 Å². The van der Waals surface area contributed by atoms with E-state index in [1.165, 1.54) is 25.7 Å². The Balaban J connectivity index is 1.86. The van der Waals surface area contributed by atoms with E-state index in [-0.39, 0.29) is 0 Å². The molecule has 1 fully saturated rings. The summed E-state index contributed by atoms with van der Waals surface area (Å²) < 4.78 is 2.20. The Labute approximate surface area is 122 Å². The Bertz CT molecular complexity index is 575. The second-order valence-electron chi connectivity index (χ2n) is 5.20. The minimum atomic E-state index is 0.583. The van der Waals surface area contributed by atoms with Crippen molar-refractivity contribution in [3.63, 3.8) is 0 Å². The summed E-state index contributed by atoms with van der Waals surface area (Å²) in [5.41, 5.74) is 1.80. The van der Waals surface area contributed by atoms with Gasteiger partial charge in [0.05, 0.1) is 5.02 Å². The number of hydrogen-bond acceptors (Lipinski definition) is 2. The number of pyridine rings is 1. The lowest BCUT2D eigenvalue weighted by Crippen LogP contribution is -2.06. The first-order valence-electron chi connectivity index (χ1n) is 6.84. The van der Waals surface area contributed by atoms with Crippen molar-refractivity contribution < 1.29 is 0 Å². The molecule has 0 atom stereocenters. The van der Waals surface area contributed by atoms with Gasteiger partial charge < -0.3 is 4.57 Å². The summed E-state index contributed by atoms with van der Waals surface area (Å²) >= 11 is 11.8. The fourth-order valence-electron chi connectivity index (χ4n) is 2.49. The van der Waals surface area contributed by atoms with E-state index in [1.54, 1.807) is 6.20 Å². The molecule has 0 aromatic carbocycles. The zero-order valence-corrected chi connectivity index (χ0v) is 12.3. The molecule has 2 aromatic rings. The average Bonchev–Trinajstić information content (AvgIpc) is 3.14. The second-order valence-corrected chi connectivity index (χ2v) is 6.01. The summed E-state index contributed by atoms with van der Waals surface area (Å²) in [6.45, 7) is 0.980. The maximum Gasteiger partial charge on any atom is 0.160 e. The molecule has 0 radical (unpaired) electrons. The third-order valence-corrected chi connectivity index (χ3v) is 4.04. The number of alkyl halides is 1. The van der Waals surface area contributed by atoms with Crippen molar-refractivity contribution in [2.45, 2.75) is 38.6 Å². The maximum absolute atomic E-state index is 5.97. The van der Waals surface area contributed by atoms with Gasteiger partial charge in [-0.1, -0.05) is 24.4 Å². The largest absolute Gasteiger partial charge is 0.313 e. The molecule has 3 nitrogen and oxygen atoms in total. The van der Waals surface area contributed by atoms with Crippen LogP contribution < -0.4 is 0 Å². The van der Waals surface area contributed by atoms with Gasteiger partial charge in [0.1, 0.15) is 11.3 Å². The molecule has 1 aliphatic rings. The quantitative estimate of drug-likeness (QED) is 0.753. The number of aryl methyl sites for hydroxylation is 2. The standard InChI is InChI=1S/C14H17Cl2N3/c15-6-5-13-18-12-8-11(16)9-17-14(12)19(13)7-1-2-10-3-4-10/h8-10H,1-7H2. The van der Waals surface area contributed by atoms with Crippen molar-refractivity contribution in [1.29, 1.82) is 0 Å². The van der Waals surface area contributed by atoms with Gasteiger partial charge in [-0.05, 0) is 24.8 Å².